The average Bonchev–Trinajstić information content (AvgIpc) is 3.54. The van der Waals surface area contributed by atoms with Gasteiger partial charge in [0.2, 0.25) is 0 Å². The van der Waals surface area contributed by atoms with Gasteiger partial charge in [-0.25, -0.2) is 0 Å². The number of fused-ring (bicyclic) bond motifs is 1. The number of benzene rings is 2. The highest BCUT2D eigenvalue weighted by Crippen LogP contribution is 2.34. The number of nitrogens with zero attached hydrogens (tertiary/aromatic N) is 4. The first-order valence-electron chi connectivity index (χ1n) is 12.6. The average molecular weight is 475 g/mol. The van der Waals surface area contributed by atoms with Gasteiger partial charge in [-0.1, -0.05) is 23.4 Å². The minimum absolute atomic E-state index is 0.0447. The number of ether oxygens (including phenoxy) is 2. The zero-order chi connectivity index (χ0) is 24.2. The molecule has 0 spiro atoms. The van der Waals surface area contributed by atoms with Gasteiger partial charge in [-0.2, -0.15) is 5.26 Å². The standard InChI is InChI=1S/C28H34N4O3/c1-31(2)18-25-23(22-5-3-4-21(16-22)17-29)7-8-24-26(30-35-28(24)25)9-6-20-10-12-32(13-11-20)19-27-33-14-15-34-27/h3-5,7-8,16,20,27H,6,9-15,18-19H2,1-2H3. The van der Waals surface area contributed by atoms with Gasteiger partial charge in [-0.3, -0.25) is 4.90 Å². The fourth-order valence-electron chi connectivity index (χ4n) is 5.31. The van der Waals surface area contributed by atoms with Crippen LogP contribution in [-0.4, -0.2) is 68.2 Å². The highest BCUT2D eigenvalue weighted by Gasteiger charge is 2.25. The van der Waals surface area contributed by atoms with Crippen molar-refractivity contribution in [3.05, 3.63) is 53.2 Å². The molecule has 2 aliphatic rings. The second kappa shape index (κ2) is 10.9. The summed E-state index contributed by atoms with van der Waals surface area (Å²) in [5, 5.41) is 15.0. The van der Waals surface area contributed by atoms with Gasteiger partial charge in [0.1, 0.15) is 0 Å². The van der Waals surface area contributed by atoms with Crippen LogP contribution in [0, 0.1) is 17.2 Å². The Hall–Kier alpha value is -2.76. The molecule has 0 N–H and O–H groups in total. The molecule has 2 aliphatic heterocycles. The van der Waals surface area contributed by atoms with Crippen molar-refractivity contribution in [2.24, 2.45) is 5.92 Å². The van der Waals surface area contributed by atoms with E-state index in [2.05, 4.69) is 53.3 Å². The number of hydrogen-bond acceptors (Lipinski definition) is 7. The van der Waals surface area contributed by atoms with Crippen molar-refractivity contribution in [3.8, 4) is 17.2 Å². The molecular weight excluding hydrogens is 440 g/mol. The Morgan fingerprint density at radius 2 is 1.91 bits per heavy atom. The van der Waals surface area contributed by atoms with Crippen molar-refractivity contribution < 1.29 is 14.0 Å². The Bertz CT molecular complexity index is 1180. The zero-order valence-corrected chi connectivity index (χ0v) is 20.7. The molecule has 2 aromatic carbocycles. The van der Waals surface area contributed by atoms with Crippen molar-refractivity contribution in [2.75, 3.05) is 46.9 Å². The second-order valence-corrected chi connectivity index (χ2v) is 9.98. The third-order valence-electron chi connectivity index (χ3n) is 7.19. The van der Waals surface area contributed by atoms with Crippen LogP contribution >= 0.6 is 0 Å². The SMILES string of the molecule is CN(C)Cc1c(-c2cccc(C#N)c2)ccc2c(CCC3CCN(CC4OCCO4)CC3)noc12. The van der Waals surface area contributed by atoms with Gasteiger partial charge in [-0.15, -0.1) is 0 Å². The van der Waals surface area contributed by atoms with Crippen LogP contribution in [0.15, 0.2) is 40.9 Å². The molecule has 3 aromatic rings. The van der Waals surface area contributed by atoms with E-state index in [1.807, 2.05) is 18.2 Å². The Morgan fingerprint density at radius 3 is 2.66 bits per heavy atom. The summed E-state index contributed by atoms with van der Waals surface area (Å²) in [7, 11) is 4.12. The van der Waals surface area contributed by atoms with Gasteiger partial charge in [-0.05, 0) is 88.1 Å². The van der Waals surface area contributed by atoms with Gasteiger partial charge in [0.05, 0.1) is 30.5 Å². The molecule has 3 heterocycles. The van der Waals surface area contributed by atoms with Crippen molar-refractivity contribution in [2.45, 2.75) is 38.5 Å². The minimum Gasteiger partial charge on any atom is -0.356 e. The van der Waals surface area contributed by atoms with E-state index < -0.39 is 0 Å². The first kappa shape index (κ1) is 24.0. The van der Waals surface area contributed by atoms with E-state index >= 15 is 0 Å². The molecular formula is C28H34N4O3. The molecule has 0 atom stereocenters. The van der Waals surface area contributed by atoms with Crippen LogP contribution in [0.2, 0.25) is 0 Å². The summed E-state index contributed by atoms with van der Waals surface area (Å²) in [6, 6.07) is 14.3. The lowest BCUT2D eigenvalue weighted by Crippen LogP contribution is -2.39. The lowest BCUT2D eigenvalue weighted by molar-refractivity contribution is -0.0661. The molecule has 1 aromatic heterocycles. The molecule has 0 bridgehead atoms. The minimum atomic E-state index is -0.0447. The first-order valence-corrected chi connectivity index (χ1v) is 12.6. The Balaban J connectivity index is 1.29. The van der Waals surface area contributed by atoms with Crippen molar-refractivity contribution >= 4 is 11.0 Å². The number of nitriles is 1. The Morgan fingerprint density at radius 1 is 1.11 bits per heavy atom. The maximum absolute atomic E-state index is 9.34. The molecule has 0 radical (unpaired) electrons. The summed E-state index contributed by atoms with van der Waals surface area (Å²) in [5.74, 6) is 0.706. The molecule has 7 heteroatoms. The summed E-state index contributed by atoms with van der Waals surface area (Å²) in [6.45, 7) is 5.27. The van der Waals surface area contributed by atoms with Crippen LogP contribution in [-0.2, 0) is 22.4 Å². The monoisotopic (exact) mass is 474 g/mol. The molecule has 35 heavy (non-hydrogen) atoms. The number of rotatable bonds is 8. The first-order chi connectivity index (χ1) is 17.1. The van der Waals surface area contributed by atoms with Gasteiger partial charge in [0.25, 0.3) is 0 Å². The van der Waals surface area contributed by atoms with E-state index in [1.165, 1.54) is 12.8 Å². The van der Waals surface area contributed by atoms with Gasteiger partial charge in [0, 0.05) is 24.0 Å². The quantitative estimate of drug-likeness (QED) is 0.478. The lowest BCUT2D eigenvalue weighted by atomic mass is 9.90. The number of hydrogen-bond donors (Lipinski definition) is 0. The largest absolute Gasteiger partial charge is 0.356 e. The number of piperidine rings is 1. The summed E-state index contributed by atoms with van der Waals surface area (Å²) < 4.78 is 17.2. The van der Waals surface area contributed by atoms with Crippen LogP contribution in [0.25, 0.3) is 22.1 Å². The summed E-state index contributed by atoms with van der Waals surface area (Å²) in [4.78, 5) is 4.61. The lowest BCUT2D eigenvalue weighted by Gasteiger charge is -2.32. The van der Waals surface area contributed by atoms with Gasteiger partial charge in [0.15, 0.2) is 11.9 Å². The van der Waals surface area contributed by atoms with Crippen LogP contribution in [0.1, 0.15) is 36.1 Å². The van der Waals surface area contributed by atoms with Crippen LogP contribution in [0.5, 0.6) is 0 Å². The normalized spacial score (nSPS) is 18.0. The van der Waals surface area contributed by atoms with E-state index in [0.717, 1.165) is 85.6 Å². The van der Waals surface area contributed by atoms with E-state index in [4.69, 9.17) is 14.0 Å². The molecule has 7 nitrogen and oxygen atoms in total. The van der Waals surface area contributed by atoms with E-state index in [9.17, 15) is 5.26 Å². The predicted octanol–water partition coefficient (Wildman–Crippen LogP) is 4.45. The highest BCUT2D eigenvalue weighted by molar-refractivity contribution is 5.89. The van der Waals surface area contributed by atoms with Crippen LogP contribution in [0.3, 0.4) is 0 Å². The van der Waals surface area contributed by atoms with Crippen molar-refractivity contribution in [3.63, 3.8) is 0 Å². The fourth-order valence-corrected chi connectivity index (χ4v) is 5.31. The van der Waals surface area contributed by atoms with Crippen LogP contribution < -0.4 is 0 Å². The maximum Gasteiger partial charge on any atom is 0.172 e. The number of aryl methyl sites for hydroxylation is 1. The molecule has 2 fully saturated rings. The summed E-state index contributed by atoms with van der Waals surface area (Å²) in [5.41, 5.74) is 5.80. The van der Waals surface area contributed by atoms with E-state index in [0.29, 0.717) is 11.5 Å². The zero-order valence-electron chi connectivity index (χ0n) is 20.7. The topological polar surface area (TPSA) is 74.8 Å². The molecule has 0 aliphatic carbocycles. The van der Waals surface area contributed by atoms with Crippen LogP contribution in [0.4, 0.5) is 0 Å². The van der Waals surface area contributed by atoms with Gasteiger partial charge < -0.3 is 18.9 Å². The number of aromatic nitrogens is 1. The Labute approximate surface area is 207 Å². The van der Waals surface area contributed by atoms with E-state index in [-0.39, 0.29) is 6.29 Å². The third kappa shape index (κ3) is 5.57. The molecule has 0 saturated carbocycles. The van der Waals surface area contributed by atoms with Crippen molar-refractivity contribution in [1.29, 1.82) is 5.26 Å². The molecule has 5 rings (SSSR count). The second-order valence-electron chi connectivity index (χ2n) is 9.98. The van der Waals surface area contributed by atoms with Crippen molar-refractivity contribution in [1.82, 2.24) is 15.0 Å². The highest BCUT2D eigenvalue weighted by atomic mass is 16.7. The summed E-state index contributed by atoms with van der Waals surface area (Å²) >= 11 is 0. The maximum atomic E-state index is 9.34. The molecule has 0 amide bonds. The Kier molecular flexibility index (Phi) is 7.45. The van der Waals surface area contributed by atoms with E-state index in [1.54, 1.807) is 0 Å². The smallest absolute Gasteiger partial charge is 0.172 e. The third-order valence-corrected chi connectivity index (χ3v) is 7.19. The molecule has 184 valence electrons. The molecule has 2 saturated heterocycles. The fraction of sp³-hybridized carbons (Fsp3) is 0.500. The predicted molar refractivity (Wildman–Crippen MR) is 135 cm³/mol. The molecule has 0 unspecified atom stereocenters. The summed E-state index contributed by atoms with van der Waals surface area (Å²) in [6.07, 6.45) is 4.41. The number of likely N-dealkylation sites (tertiary alicyclic amines) is 1. The van der Waals surface area contributed by atoms with Gasteiger partial charge >= 0.3 is 0 Å².